The van der Waals surface area contributed by atoms with Crippen molar-refractivity contribution in [3.05, 3.63) is 28.8 Å². The molecule has 92 valence electrons. The van der Waals surface area contributed by atoms with Crippen LogP contribution in [0.2, 0.25) is 5.02 Å². The van der Waals surface area contributed by atoms with Crippen molar-refractivity contribution in [3.8, 4) is 5.75 Å². The standard InChI is InChI=1S/C12H14ClNO3/c1-17-9-4-2-3-8(13)10(9)7-5-6-14-11(7)12(15)16/h2-4,7,11,14H,5-6H2,1H3,(H,15,16). The monoisotopic (exact) mass is 255 g/mol. The van der Waals surface area contributed by atoms with E-state index in [0.29, 0.717) is 17.3 Å². The smallest absolute Gasteiger partial charge is 0.321 e. The van der Waals surface area contributed by atoms with E-state index in [9.17, 15) is 4.79 Å². The Hall–Kier alpha value is -1.26. The number of ether oxygens (including phenoxy) is 1. The van der Waals surface area contributed by atoms with Crippen LogP contribution in [0.25, 0.3) is 0 Å². The number of nitrogens with one attached hydrogen (secondary N) is 1. The summed E-state index contributed by atoms with van der Waals surface area (Å²) < 4.78 is 5.26. The van der Waals surface area contributed by atoms with E-state index in [1.165, 1.54) is 0 Å². The second kappa shape index (κ2) is 4.94. The lowest BCUT2D eigenvalue weighted by atomic mass is 9.91. The van der Waals surface area contributed by atoms with Crippen LogP contribution in [0.4, 0.5) is 0 Å². The number of halogens is 1. The summed E-state index contributed by atoms with van der Waals surface area (Å²) in [6.45, 7) is 0.677. The summed E-state index contributed by atoms with van der Waals surface area (Å²) >= 11 is 6.16. The maximum atomic E-state index is 11.1. The fraction of sp³-hybridized carbons (Fsp3) is 0.417. The zero-order valence-corrected chi connectivity index (χ0v) is 10.2. The number of carboxylic acid groups (broad SMARTS) is 1. The summed E-state index contributed by atoms with van der Waals surface area (Å²) in [7, 11) is 1.56. The molecule has 2 unspecified atom stereocenters. The minimum atomic E-state index is -0.852. The number of methoxy groups -OCH3 is 1. The van der Waals surface area contributed by atoms with E-state index in [0.717, 1.165) is 12.0 Å². The minimum Gasteiger partial charge on any atom is -0.496 e. The van der Waals surface area contributed by atoms with Gasteiger partial charge in [-0.1, -0.05) is 17.7 Å². The summed E-state index contributed by atoms with van der Waals surface area (Å²) in [4.78, 5) is 11.1. The molecule has 1 fully saturated rings. The zero-order valence-electron chi connectivity index (χ0n) is 9.44. The Balaban J connectivity index is 2.42. The Labute approximate surface area is 105 Å². The first kappa shape index (κ1) is 12.2. The Morgan fingerprint density at radius 3 is 3.00 bits per heavy atom. The Morgan fingerprint density at radius 1 is 1.59 bits per heavy atom. The lowest BCUT2D eigenvalue weighted by Crippen LogP contribution is -2.34. The molecule has 2 N–H and O–H groups in total. The van der Waals surface area contributed by atoms with Gasteiger partial charge in [0.15, 0.2) is 0 Å². The lowest BCUT2D eigenvalue weighted by Gasteiger charge is -2.19. The van der Waals surface area contributed by atoms with Crippen molar-refractivity contribution in [1.29, 1.82) is 0 Å². The molecule has 1 aromatic carbocycles. The van der Waals surface area contributed by atoms with Gasteiger partial charge in [-0.25, -0.2) is 0 Å². The summed E-state index contributed by atoms with van der Waals surface area (Å²) in [5, 5.41) is 12.7. The van der Waals surface area contributed by atoms with Gasteiger partial charge < -0.3 is 15.2 Å². The molecule has 1 aliphatic rings. The molecule has 17 heavy (non-hydrogen) atoms. The van der Waals surface area contributed by atoms with Crippen molar-refractivity contribution in [2.45, 2.75) is 18.4 Å². The molecule has 1 saturated heterocycles. The minimum absolute atomic E-state index is 0.142. The van der Waals surface area contributed by atoms with Gasteiger partial charge in [0.25, 0.3) is 0 Å². The van der Waals surface area contributed by atoms with Crippen LogP contribution in [0.5, 0.6) is 5.75 Å². The largest absolute Gasteiger partial charge is 0.496 e. The van der Waals surface area contributed by atoms with Gasteiger partial charge in [-0.3, -0.25) is 4.79 Å². The van der Waals surface area contributed by atoms with Crippen molar-refractivity contribution < 1.29 is 14.6 Å². The third kappa shape index (κ3) is 2.23. The van der Waals surface area contributed by atoms with Gasteiger partial charge >= 0.3 is 5.97 Å². The van der Waals surface area contributed by atoms with Gasteiger partial charge in [0.2, 0.25) is 0 Å². The normalized spacial score (nSPS) is 23.6. The fourth-order valence-corrected chi connectivity index (χ4v) is 2.63. The van der Waals surface area contributed by atoms with Crippen molar-refractivity contribution in [3.63, 3.8) is 0 Å². The molecule has 2 rings (SSSR count). The lowest BCUT2D eigenvalue weighted by molar-refractivity contribution is -0.139. The van der Waals surface area contributed by atoms with E-state index in [2.05, 4.69) is 5.32 Å². The molecular weight excluding hydrogens is 242 g/mol. The van der Waals surface area contributed by atoms with Gasteiger partial charge in [-0.15, -0.1) is 0 Å². The van der Waals surface area contributed by atoms with Gasteiger partial charge in [0.1, 0.15) is 11.8 Å². The number of carbonyl (C=O) groups is 1. The van der Waals surface area contributed by atoms with E-state index in [4.69, 9.17) is 21.4 Å². The third-order valence-electron chi connectivity index (χ3n) is 3.09. The van der Waals surface area contributed by atoms with E-state index < -0.39 is 12.0 Å². The topological polar surface area (TPSA) is 58.6 Å². The molecule has 1 heterocycles. The second-order valence-electron chi connectivity index (χ2n) is 4.02. The van der Waals surface area contributed by atoms with Crippen LogP contribution in [-0.2, 0) is 4.79 Å². The van der Waals surface area contributed by atoms with Gasteiger partial charge in [-0.2, -0.15) is 0 Å². The molecule has 0 saturated carbocycles. The summed E-state index contributed by atoms with van der Waals surface area (Å²) in [6, 6.07) is 4.77. The van der Waals surface area contributed by atoms with Crippen LogP contribution < -0.4 is 10.1 Å². The number of rotatable bonds is 3. The molecular formula is C12H14ClNO3. The van der Waals surface area contributed by atoms with E-state index in [1.807, 2.05) is 0 Å². The number of hydrogen-bond donors (Lipinski definition) is 2. The van der Waals surface area contributed by atoms with Crippen LogP contribution in [0.1, 0.15) is 17.9 Å². The highest BCUT2D eigenvalue weighted by Crippen LogP contribution is 2.38. The Bertz CT molecular complexity index is 436. The molecule has 0 aliphatic carbocycles. The average molecular weight is 256 g/mol. The van der Waals surface area contributed by atoms with Gasteiger partial charge in [0.05, 0.1) is 7.11 Å². The quantitative estimate of drug-likeness (QED) is 0.866. The number of aliphatic carboxylic acids is 1. The number of carboxylic acids is 1. The highest BCUT2D eigenvalue weighted by Gasteiger charge is 2.36. The van der Waals surface area contributed by atoms with E-state index in [-0.39, 0.29) is 5.92 Å². The summed E-state index contributed by atoms with van der Waals surface area (Å²) in [5.74, 6) is -0.344. The maximum Gasteiger partial charge on any atom is 0.321 e. The molecule has 2 atom stereocenters. The summed E-state index contributed by atoms with van der Waals surface area (Å²) in [6.07, 6.45) is 0.747. The fourth-order valence-electron chi connectivity index (χ4n) is 2.33. The molecule has 0 bridgehead atoms. The van der Waals surface area contributed by atoms with Gasteiger partial charge in [0, 0.05) is 16.5 Å². The van der Waals surface area contributed by atoms with Crippen LogP contribution in [0.15, 0.2) is 18.2 Å². The van der Waals surface area contributed by atoms with Crippen LogP contribution in [0, 0.1) is 0 Å². The van der Waals surface area contributed by atoms with Crippen molar-refractivity contribution in [2.24, 2.45) is 0 Å². The highest BCUT2D eigenvalue weighted by molar-refractivity contribution is 6.31. The van der Waals surface area contributed by atoms with Crippen LogP contribution in [0.3, 0.4) is 0 Å². The molecule has 1 aliphatic heterocycles. The van der Waals surface area contributed by atoms with Gasteiger partial charge in [-0.05, 0) is 25.1 Å². The van der Waals surface area contributed by atoms with Crippen LogP contribution >= 0.6 is 11.6 Å². The Morgan fingerprint density at radius 2 is 2.35 bits per heavy atom. The zero-order chi connectivity index (χ0) is 12.4. The van der Waals surface area contributed by atoms with Crippen molar-refractivity contribution in [1.82, 2.24) is 5.32 Å². The molecule has 0 radical (unpaired) electrons. The third-order valence-corrected chi connectivity index (χ3v) is 3.42. The highest BCUT2D eigenvalue weighted by atomic mass is 35.5. The van der Waals surface area contributed by atoms with E-state index in [1.54, 1.807) is 25.3 Å². The molecule has 5 heteroatoms. The first-order valence-electron chi connectivity index (χ1n) is 5.43. The maximum absolute atomic E-state index is 11.1. The summed E-state index contributed by atoms with van der Waals surface area (Å²) in [5.41, 5.74) is 0.786. The Kier molecular flexibility index (Phi) is 3.54. The van der Waals surface area contributed by atoms with Crippen LogP contribution in [-0.4, -0.2) is 30.8 Å². The first-order chi connectivity index (χ1) is 8.15. The first-order valence-corrected chi connectivity index (χ1v) is 5.81. The predicted molar refractivity (Wildman–Crippen MR) is 64.8 cm³/mol. The SMILES string of the molecule is COc1cccc(Cl)c1C1CCNC1C(=O)O. The number of benzene rings is 1. The van der Waals surface area contributed by atoms with E-state index >= 15 is 0 Å². The molecule has 4 nitrogen and oxygen atoms in total. The molecule has 0 aromatic heterocycles. The molecule has 0 spiro atoms. The number of hydrogen-bond acceptors (Lipinski definition) is 3. The molecule has 1 aromatic rings. The molecule has 0 amide bonds. The van der Waals surface area contributed by atoms with Crippen molar-refractivity contribution >= 4 is 17.6 Å². The van der Waals surface area contributed by atoms with Crippen molar-refractivity contribution in [2.75, 3.05) is 13.7 Å². The second-order valence-corrected chi connectivity index (χ2v) is 4.43. The average Bonchev–Trinajstić information content (AvgIpc) is 2.77. The predicted octanol–water partition coefficient (Wildman–Crippen LogP) is 1.88.